The van der Waals surface area contributed by atoms with Crippen LogP contribution in [0.25, 0.3) is 0 Å². The predicted molar refractivity (Wildman–Crippen MR) is 89.6 cm³/mol. The number of aliphatic hydroxyl groups excluding tert-OH is 1. The van der Waals surface area contributed by atoms with E-state index in [1.54, 1.807) is 0 Å². The SMILES string of the molecule is O=C(C1CC1c1ccc(Cl)cc1)N1CCC(OCCCO)CC1. The van der Waals surface area contributed by atoms with Crippen LogP contribution in [0.15, 0.2) is 24.3 Å². The van der Waals surface area contributed by atoms with E-state index in [-0.39, 0.29) is 18.6 Å². The molecule has 1 saturated carbocycles. The van der Waals surface area contributed by atoms with Crippen LogP contribution in [0.5, 0.6) is 0 Å². The van der Waals surface area contributed by atoms with E-state index in [4.69, 9.17) is 21.4 Å². The number of hydrogen-bond acceptors (Lipinski definition) is 3. The molecule has 2 fully saturated rings. The van der Waals surface area contributed by atoms with Crippen LogP contribution < -0.4 is 0 Å². The first-order chi connectivity index (χ1) is 11.2. The molecule has 1 aliphatic heterocycles. The zero-order valence-corrected chi connectivity index (χ0v) is 14.0. The zero-order chi connectivity index (χ0) is 16.2. The number of carbonyl (C=O) groups excluding carboxylic acids is 1. The lowest BCUT2D eigenvalue weighted by Gasteiger charge is -2.32. The van der Waals surface area contributed by atoms with Gasteiger partial charge in [-0.05, 0) is 49.3 Å². The maximum absolute atomic E-state index is 12.6. The minimum Gasteiger partial charge on any atom is -0.396 e. The molecule has 3 rings (SSSR count). The van der Waals surface area contributed by atoms with Crippen molar-refractivity contribution >= 4 is 17.5 Å². The molecule has 1 heterocycles. The summed E-state index contributed by atoms with van der Waals surface area (Å²) in [5.74, 6) is 0.792. The van der Waals surface area contributed by atoms with Crippen molar-refractivity contribution in [1.82, 2.24) is 4.90 Å². The predicted octanol–water partition coefficient (Wildman–Crippen LogP) is 2.83. The molecular formula is C18H24ClNO3. The van der Waals surface area contributed by atoms with Gasteiger partial charge in [-0.25, -0.2) is 0 Å². The van der Waals surface area contributed by atoms with Crippen LogP contribution in [0.3, 0.4) is 0 Å². The standard InChI is InChI=1S/C18H24ClNO3/c19-14-4-2-13(3-5-14)16-12-17(16)18(22)20-8-6-15(7-9-20)23-11-1-10-21/h2-5,15-17,21H,1,6-12H2. The van der Waals surface area contributed by atoms with Crippen LogP contribution in [0.1, 0.15) is 37.2 Å². The van der Waals surface area contributed by atoms with E-state index in [1.165, 1.54) is 5.56 Å². The summed E-state index contributed by atoms with van der Waals surface area (Å²) >= 11 is 5.92. The fourth-order valence-corrected chi connectivity index (χ4v) is 3.46. The van der Waals surface area contributed by atoms with Gasteiger partial charge in [-0.3, -0.25) is 4.79 Å². The van der Waals surface area contributed by atoms with Crippen LogP contribution in [0, 0.1) is 5.92 Å². The second-order valence-corrected chi connectivity index (χ2v) is 6.91. The molecule has 5 heteroatoms. The molecule has 1 aromatic rings. The molecule has 1 N–H and O–H groups in total. The van der Waals surface area contributed by atoms with Gasteiger partial charge < -0.3 is 14.7 Å². The Balaban J connectivity index is 1.45. The van der Waals surface area contributed by atoms with E-state index in [0.717, 1.165) is 37.4 Å². The molecule has 4 nitrogen and oxygen atoms in total. The van der Waals surface area contributed by atoms with Crippen molar-refractivity contribution < 1.29 is 14.6 Å². The Hall–Kier alpha value is -1.10. The van der Waals surface area contributed by atoms with Gasteiger partial charge in [0.05, 0.1) is 6.10 Å². The molecule has 0 spiro atoms. The van der Waals surface area contributed by atoms with Crippen LogP contribution in [-0.2, 0) is 9.53 Å². The Labute approximate surface area is 142 Å². The molecule has 2 unspecified atom stereocenters. The first kappa shape index (κ1) is 16.7. The Morgan fingerprint density at radius 3 is 2.61 bits per heavy atom. The molecule has 126 valence electrons. The molecule has 1 aliphatic carbocycles. The number of aliphatic hydroxyl groups is 1. The summed E-state index contributed by atoms with van der Waals surface area (Å²) in [4.78, 5) is 14.6. The monoisotopic (exact) mass is 337 g/mol. The van der Waals surface area contributed by atoms with Crippen molar-refractivity contribution in [3.8, 4) is 0 Å². The van der Waals surface area contributed by atoms with E-state index in [9.17, 15) is 4.79 Å². The number of ether oxygens (including phenoxy) is 1. The number of nitrogens with zero attached hydrogens (tertiary/aromatic N) is 1. The Bertz CT molecular complexity index is 526. The largest absolute Gasteiger partial charge is 0.396 e. The van der Waals surface area contributed by atoms with Gasteiger partial charge in [-0.1, -0.05) is 23.7 Å². The third kappa shape index (κ3) is 4.25. The minimum absolute atomic E-state index is 0.142. The van der Waals surface area contributed by atoms with Crippen molar-refractivity contribution in [2.24, 2.45) is 5.92 Å². The number of halogens is 1. The average Bonchev–Trinajstić information content (AvgIpc) is 3.36. The zero-order valence-electron chi connectivity index (χ0n) is 13.3. The van der Waals surface area contributed by atoms with Gasteiger partial charge in [0.1, 0.15) is 0 Å². The van der Waals surface area contributed by atoms with Gasteiger partial charge in [0.2, 0.25) is 5.91 Å². The van der Waals surface area contributed by atoms with Crippen LogP contribution in [0.4, 0.5) is 0 Å². The molecule has 2 atom stereocenters. The Kier molecular flexibility index (Phi) is 5.57. The summed E-state index contributed by atoms with van der Waals surface area (Å²) in [6.07, 6.45) is 3.67. The summed E-state index contributed by atoms with van der Waals surface area (Å²) in [7, 11) is 0. The normalized spacial score (nSPS) is 24.7. The molecule has 23 heavy (non-hydrogen) atoms. The quantitative estimate of drug-likeness (QED) is 0.812. The molecule has 0 bridgehead atoms. The second kappa shape index (κ2) is 7.65. The van der Waals surface area contributed by atoms with Gasteiger partial charge in [0, 0.05) is 37.2 Å². The van der Waals surface area contributed by atoms with Gasteiger partial charge in [-0.2, -0.15) is 0 Å². The molecule has 0 aromatic heterocycles. The van der Waals surface area contributed by atoms with Crippen molar-refractivity contribution in [2.75, 3.05) is 26.3 Å². The highest BCUT2D eigenvalue weighted by Gasteiger charge is 2.46. The molecule has 1 saturated heterocycles. The smallest absolute Gasteiger partial charge is 0.226 e. The average molecular weight is 338 g/mol. The first-order valence-corrected chi connectivity index (χ1v) is 8.83. The minimum atomic E-state index is 0.142. The van der Waals surface area contributed by atoms with Crippen molar-refractivity contribution in [1.29, 1.82) is 0 Å². The van der Waals surface area contributed by atoms with Crippen molar-refractivity contribution in [3.63, 3.8) is 0 Å². The number of hydrogen-bond donors (Lipinski definition) is 1. The summed E-state index contributed by atoms with van der Waals surface area (Å²) in [6, 6.07) is 7.85. The highest BCUT2D eigenvalue weighted by Crippen LogP contribution is 2.48. The lowest BCUT2D eigenvalue weighted by Crippen LogP contribution is -2.41. The van der Waals surface area contributed by atoms with E-state index in [2.05, 4.69) is 0 Å². The lowest BCUT2D eigenvalue weighted by atomic mass is 10.1. The number of rotatable bonds is 6. The van der Waals surface area contributed by atoms with E-state index >= 15 is 0 Å². The van der Waals surface area contributed by atoms with E-state index < -0.39 is 0 Å². The number of piperidine rings is 1. The highest BCUT2D eigenvalue weighted by atomic mass is 35.5. The summed E-state index contributed by atoms with van der Waals surface area (Å²) in [5.41, 5.74) is 1.22. The first-order valence-electron chi connectivity index (χ1n) is 8.45. The van der Waals surface area contributed by atoms with Gasteiger partial charge in [-0.15, -0.1) is 0 Å². The topological polar surface area (TPSA) is 49.8 Å². The Morgan fingerprint density at radius 1 is 1.26 bits per heavy atom. The summed E-state index contributed by atoms with van der Waals surface area (Å²) in [6.45, 7) is 2.35. The van der Waals surface area contributed by atoms with Crippen molar-refractivity contribution in [3.05, 3.63) is 34.9 Å². The number of carbonyl (C=O) groups is 1. The molecule has 1 aromatic carbocycles. The van der Waals surface area contributed by atoms with Gasteiger partial charge in [0.15, 0.2) is 0 Å². The Morgan fingerprint density at radius 2 is 1.96 bits per heavy atom. The van der Waals surface area contributed by atoms with Crippen LogP contribution in [0.2, 0.25) is 5.02 Å². The third-order valence-corrected chi connectivity index (χ3v) is 5.07. The van der Waals surface area contributed by atoms with E-state index in [1.807, 2.05) is 29.2 Å². The maximum atomic E-state index is 12.6. The highest BCUT2D eigenvalue weighted by molar-refractivity contribution is 6.30. The maximum Gasteiger partial charge on any atom is 0.226 e. The number of benzene rings is 1. The lowest BCUT2D eigenvalue weighted by molar-refractivity contribution is -0.135. The van der Waals surface area contributed by atoms with Crippen LogP contribution in [-0.4, -0.2) is 48.3 Å². The third-order valence-electron chi connectivity index (χ3n) is 4.82. The van der Waals surface area contributed by atoms with Gasteiger partial charge >= 0.3 is 0 Å². The second-order valence-electron chi connectivity index (χ2n) is 6.47. The molecule has 2 aliphatic rings. The molecule has 1 amide bonds. The number of likely N-dealkylation sites (tertiary alicyclic amines) is 1. The fraction of sp³-hybridized carbons (Fsp3) is 0.611. The number of amides is 1. The van der Waals surface area contributed by atoms with Crippen molar-refractivity contribution in [2.45, 2.75) is 37.7 Å². The van der Waals surface area contributed by atoms with E-state index in [0.29, 0.717) is 24.9 Å². The molecule has 0 radical (unpaired) electrons. The van der Waals surface area contributed by atoms with Crippen LogP contribution >= 0.6 is 11.6 Å². The van der Waals surface area contributed by atoms with Gasteiger partial charge in [0.25, 0.3) is 0 Å². The summed E-state index contributed by atoms with van der Waals surface area (Å²) < 4.78 is 5.72. The fourth-order valence-electron chi connectivity index (χ4n) is 3.34. The summed E-state index contributed by atoms with van der Waals surface area (Å²) in [5, 5.41) is 9.51. The molecular weight excluding hydrogens is 314 g/mol.